The van der Waals surface area contributed by atoms with Crippen LogP contribution in [-0.4, -0.2) is 46.9 Å². The van der Waals surface area contributed by atoms with Crippen LogP contribution in [-0.2, 0) is 7.05 Å². The van der Waals surface area contributed by atoms with E-state index in [1.54, 1.807) is 0 Å². The minimum atomic E-state index is -0.340. The zero-order valence-electron chi connectivity index (χ0n) is 10.5. The first-order valence-corrected chi connectivity index (χ1v) is 6.31. The Morgan fingerprint density at radius 3 is 3.06 bits per heavy atom. The second kappa shape index (κ2) is 4.59. The topological polar surface area (TPSA) is 53.3 Å². The van der Waals surface area contributed by atoms with Gasteiger partial charge in [0, 0.05) is 33.2 Å². The van der Waals surface area contributed by atoms with Crippen LogP contribution in [0.3, 0.4) is 0 Å². The average Bonchev–Trinajstić information content (AvgIpc) is 2.56. The number of fused-ring (bicyclic) bond motifs is 1. The molecule has 0 aliphatic carbocycles. The molecule has 0 saturated carbocycles. The first-order valence-electron chi connectivity index (χ1n) is 6.31. The van der Waals surface area contributed by atoms with Crippen LogP contribution in [0.25, 0.3) is 11.0 Å². The molecular formula is C13H18N4O. The molecule has 5 heteroatoms. The predicted octanol–water partition coefficient (Wildman–Crippen LogP) is 0.344. The number of para-hydroxylation sites is 2. The van der Waals surface area contributed by atoms with Gasteiger partial charge in [0.15, 0.2) is 0 Å². The maximum atomic E-state index is 9.85. The van der Waals surface area contributed by atoms with Gasteiger partial charge in [-0.25, -0.2) is 4.98 Å². The van der Waals surface area contributed by atoms with Crippen molar-refractivity contribution in [2.45, 2.75) is 6.10 Å². The number of aliphatic hydroxyl groups excluding tert-OH is 1. The molecule has 2 N–H and O–H groups in total. The van der Waals surface area contributed by atoms with E-state index in [1.807, 2.05) is 25.2 Å². The van der Waals surface area contributed by atoms with Crippen LogP contribution < -0.4 is 10.2 Å². The van der Waals surface area contributed by atoms with Crippen LogP contribution >= 0.6 is 0 Å². The Morgan fingerprint density at radius 2 is 2.22 bits per heavy atom. The van der Waals surface area contributed by atoms with E-state index in [9.17, 15) is 5.11 Å². The standard InChI is InChI=1S/C13H18N4O/c1-16-12-5-3-2-4-11(12)15-13(16)17-7-6-14-8-10(18)9-17/h2-5,10,14,18H,6-9H2,1H3. The van der Waals surface area contributed by atoms with Crippen LogP contribution in [0.2, 0.25) is 0 Å². The molecule has 1 unspecified atom stereocenters. The molecule has 0 spiro atoms. The van der Waals surface area contributed by atoms with Gasteiger partial charge >= 0.3 is 0 Å². The summed E-state index contributed by atoms with van der Waals surface area (Å²) in [4.78, 5) is 6.81. The quantitative estimate of drug-likeness (QED) is 0.762. The van der Waals surface area contributed by atoms with E-state index in [0.717, 1.165) is 30.1 Å². The minimum Gasteiger partial charge on any atom is -0.390 e. The van der Waals surface area contributed by atoms with Crippen molar-refractivity contribution in [3.63, 3.8) is 0 Å². The molecule has 1 aliphatic heterocycles. The average molecular weight is 246 g/mol. The van der Waals surface area contributed by atoms with Gasteiger partial charge in [0.25, 0.3) is 0 Å². The van der Waals surface area contributed by atoms with E-state index >= 15 is 0 Å². The molecule has 0 amide bonds. The summed E-state index contributed by atoms with van der Waals surface area (Å²) < 4.78 is 2.09. The molecule has 18 heavy (non-hydrogen) atoms. The molecule has 2 aromatic rings. The normalized spacial score (nSPS) is 21.2. The summed E-state index contributed by atoms with van der Waals surface area (Å²) in [5.74, 6) is 0.930. The largest absolute Gasteiger partial charge is 0.390 e. The Morgan fingerprint density at radius 1 is 1.39 bits per heavy atom. The molecule has 96 valence electrons. The fourth-order valence-electron chi connectivity index (χ4n) is 2.49. The van der Waals surface area contributed by atoms with Gasteiger partial charge < -0.3 is 19.9 Å². The number of aliphatic hydroxyl groups is 1. The van der Waals surface area contributed by atoms with Crippen LogP contribution in [0.5, 0.6) is 0 Å². The number of anilines is 1. The molecule has 1 aliphatic rings. The summed E-state index contributed by atoms with van der Waals surface area (Å²) in [6.45, 7) is 3.03. The zero-order chi connectivity index (χ0) is 12.5. The smallest absolute Gasteiger partial charge is 0.206 e. The number of hydrogen-bond acceptors (Lipinski definition) is 4. The fraction of sp³-hybridized carbons (Fsp3) is 0.462. The molecule has 5 nitrogen and oxygen atoms in total. The Kier molecular flexibility index (Phi) is 2.93. The third kappa shape index (κ3) is 1.95. The number of β-amino-alcohol motifs (C(OH)–C–C–N with tert-alkyl or cyclic N) is 1. The predicted molar refractivity (Wildman–Crippen MR) is 71.8 cm³/mol. The van der Waals surface area contributed by atoms with Gasteiger partial charge in [-0.15, -0.1) is 0 Å². The molecule has 0 radical (unpaired) electrons. The summed E-state index contributed by atoms with van der Waals surface area (Å²) in [6, 6.07) is 8.11. The summed E-state index contributed by atoms with van der Waals surface area (Å²) in [6.07, 6.45) is -0.340. The first-order chi connectivity index (χ1) is 8.75. The van der Waals surface area contributed by atoms with Crippen LogP contribution in [0.4, 0.5) is 5.95 Å². The second-order valence-electron chi connectivity index (χ2n) is 4.76. The number of benzene rings is 1. The van der Waals surface area contributed by atoms with Gasteiger partial charge in [-0.05, 0) is 12.1 Å². The summed E-state index contributed by atoms with van der Waals surface area (Å²) in [5.41, 5.74) is 2.13. The third-order valence-corrected chi connectivity index (χ3v) is 3.42. The van der Waals surface area contributed by atoms with Crippen molar-refractivity contribution >= 4 is 17.0 Å². The maximum absolute atomic E-state index is 9.85. The van der Waals surface area contributed by atoms with Crippen molar-refractivity contribution in [1.29, 1.82) is 0 Å². The highest BCUT2D eigenvalue weighted by molar-refractivity contribution is 5.78. The van der Waals surface area contributed by atoms with E-state index in [2.05, 4.69) is 25.8 Å². The molecule has 1 aromatic heterocycles. The van der Waals surface area contributed by atoms with Crippen molar-refractivity contribution in [2.24, 2.45) is 7.05 Å². The Balaban J connectivity index is 2.00. The van der Waals surface area contributed by atoms with E-state index in [1.165, 1.54) is 0 Å². The Bertz CT molecular complexity index is 551. The Hall–Kier alpha value is -1.59. The van der Waals surface area contributed by atoms with Crippen LogP contribution in [0.15, 0.2) is 24.3 Å². The van der Waals surface area contributed by atoms with Gasteiger partial charge in [0.05, 0.1) is 17.1 Å². The van der Waals surface area contributed by atoms with Gasteiger partial charge in [-0.2, -0.15) is 0 Å². The molecular weight excluding hydrogens is 228 g/mol. The Labute approximate surface area is 106 Å². The van der Waals surface area contributed by atoms with Gasteiger partial charge in [0.1, 0.15) is 0 Å². The molecule has 1 saturated heterocycles. The van der Waals surface area contributed by atoms with E-state index in [4.69, 9.17) is 0 Å². The van der Waals surface area contributed by atoms with Crippen LogP contribution in [0, 0.1) is 0 Å². The number of hydrogen-bond donors (Lipinski definition) is 2. The molecule has 0 bridgehead atoms. The number of nitrogens with one attached hydrogen (secondary N) is 1. The number of imidazole rings is 1. The van der Waals surface area contributed by atoms with E-state index in [0.29, 0.717) is 13.1 Å². The maximum Gasteiger partial charge on any atom is 0.206 e. The number of rotatable bonds is 1. The van der Waals surface area contributed by atoms with Crippen molar-refractivity contribution in [2.75, 3.05) is 31.1 Å². The lowest BCUT2D eigenvalue weighted by atomic mass is 10.3. The lowest BCUT2D eigenvalue weighted by Crippen LogP contribution is -2.34. The fourth-order valence-corrected chi connectivity index (χ4v) is 2.49. The zero-order valence-corrected chi connectivity index (χ0v) is 10.5. The number of aryl methyl sites for hydroxylation is 1. The lowest BCUT2D eigenvalue weighted by molar-refractivity contribution is 0.184. The third-order valence-electron chi connectivity index (χ3n) is 3.42. The van der Waals surface area contributed by atoms with Crippen molar-refractivity contribution in [3.8, 4) is 0 Å². The SMILES string of the molecule is Cn1c(N2CCNCC(O)C2)nc2ccccc21. The van der Waals surface area contributed by atoms with Crippen LogP contribution in [0.1, 0.15) is 0 Å². The lowest BCUT2D eigenvalue weighted by Gasteiger charge is -2.22. The molecule has 1 aromatic carbocycles. The summed E-state index contributed by atoms with van der Waals surface area (Å²) in [7, 11) is 2.02. The monoisotopic (exact) mass is 246 g/mol. The minimum absolute atomic E-state index is 0.340. The van der Waals surface area contributed by atoms with Gasteiger partial charge in [-0.3, -0.25) is 0 Å². The number of nitrogens with zero attached hydrogens (tertiary/aromatic N) is 3. The summed E-state index contributed by atoms with van der Waals surface area (Å²) >= 11 is 0. The molecule has 1 fully saturated rings. The van der Waals surface area contributed by atoms with Gasteiger partial charge in [0.2, 0.25) is 5.95 Å². The first kappa shape index (κ1) is 11.5. The molecule has 2 heterocycles. The number of aromatic nitrogens is 2. The van der Waals surface area contributed by atoms with Crippen molar-refractivity contribution < 1.29 is 5.11 Å². The second-order valence-corrected chi connectivity index (χ2v) is 4.76. The van der Waals surface area contributed by atoms with E-state index in [-0.39, 0.29) is 6.10 Å². The molecule has 3 rings (SSSR count). The van der Waals surface area contributed by atoms with Crippen molar-refractivity contribution in [3.05, 3.63) is 24.3 Å². The van der Waals surface area contributed by atoms with Gasteiger partial charge in [-0.1, -0.05) is 12.1 Å². The summed E-state index contributed by atoms with van der Waals surface area (Å²) in [5, 5.41) is 13.1. The van der Waals surface area contributed by atoms with Crippen molar-refractivity contribution in [1.82, 2.24) is 14.9 Å². The highest BCUT2D eigenvalue weighted by Gasteiger charge is 2.20. The highest BCUT2D eigenvalue weighted by Crippen LogP contribution is 2.21. The highest BCUT2D eigenvalue weighted by atomic mass is 16.3. The molecule has 1 atom stereocenters. The van der Waals surface area contributed by atoms with E-state index < -0.39 is 0 Å².